The van der Waals surface area contributed by atoms with Gasteiger partial charge in [-0.25, -0.2) is 9.97 Å². The molecule has 8 heteroatoms. The third-order valence-corrected chi connectivity index (χ3v) is 1.90. The number of halogens is 3. The van der Waals surface area contributed by atoms with Crippen LogP contribution in [0.2, 0.25) is 0 Å². The lowest BCUT2D eigenvalue weighted by molar-refractivity contribution is -0.139. The Kier molecular flexibility index (Phi) is 1.82. The predicted molar refractivity (Wildman–Crippen MR) is 43.3 cm³/mol. The number of H-pyrrole nitrogens is 1. The molecule has 0 spiro atoms. The molecule has 0 radical (unpaired) electrons. The zero-order valence-electron chi connectivity index (χ0n) is 7.46. The van der Waals surface area contributed by atoms with Gasteiger partial charge in [0.05, 0.1) is 5.69 Å². The Bertz CT molecular complexity index is 568. The maximum Gasteiger partial charge on any atom is 0.423 e. The smallest absolute Gasteiger partial charge is 0.278 e. The summed E-state index contributed by atoms with van der Waals surface area (Å²) in [6.07, 6.45) is -3.61. The van der Waals surface area contributed by atoms with E-state index in [-0.39, 0.29) is 11.5 Å². The van der Waals surface area contributed by atoms with Crippen LogP contribution in [-0.2, 0) is 6.18 Å². The van der Waals surface area contributed by atoms with Gasteiger partial charge in [0.1, 0.15) is 11.9 Å². The predicted octanol–water partition coefficient (Wildman–Crippen LogP) is 0.745. The molecular formula is C7H5F3N4O. The van der Waals surface area contributed by atoms with Crippen molar-refractivity contribution in [2.75, 3.05) is 0 Å². The van der Waals surface area contributed by atoms with Crippen LogP contribution in [0.15, 0.2) is 11.1 Å². The Hall–Kier alpha value is -1.86. The van der Waals surface area contributed by atoms with Crippen molar-refractivity contribution in [2.45, 2.75) is 13.1 Å². The van der Waals surface area contributed by atoms with Crippen LogP contribution in [-0.4, -0.2) is 19.6 Å². The lowest BCUT2D eigenvalue weighted by atomic mass is 10.2. The number of hydrogen-bond acceptors (Lipinski definition) is 3. The summed E-state index contributed by atoms with van der Waals surface area (Å²) < 4.78 is 38.0. The molecule has 15 heavy (non-hydrogen) atoms. The molecule has 0 saturated heterocycles. The summed E-state index contributed by atoms with van der Waals surface area (Å²) in [5, 5.41) is 2.26. The van der Waals surface area contributed by atoms with Gasteiger partial charge in [0.2, 0.25) is 0 Å². The molecule has 0 atom stereocenters. The van der Waals surface area contributed by atoms with Gasteiger partial charge in [0.15, 0.2) is 0 Å². The zero-order valence-corrected chi connectivity index (χ0v) is 7.46. The number of hydrogen-bond donors (Lipinski definition) is 1. The summed E-state index contributed by atoms with van der Waals surface area (Å²) in [5.41, 5.74) is -2.84. The fourth-order valence-corrected chi connectivity index (χ4v) is 1.29. The minimum absolute atomic E-state index is 0.0782. The zero-order chi connectivity index (χ0) is 11.2. The van der Waals surface area contributed by atoms with E-state index in [1.165, 1.54) is 0 Å². The molecule has 2 aromatic heterocycles. The molecule has 2 heterocycles. The maximum absolute atomic E-state index is 12.5. The molecule has 0 aromatic carbocycles. The monoisotopic (exact) mass is 218 g/mol. The number of fused-ring (bicyclic) bond motifs is 1. The molecule has 2 aromatic rings. The van der Waals surface area contributed by atoms with Gasteiger partial charge in [-0.3, -0.25) is 9.89 Å². The third-order valence-electron chi connectivity index (χ3n) is 1.90. The van der Waals surface area contributed by atoms with Gasteiger partial charge < -0.3 is 0 Å². The Morgan fingerprint density at radius 1 is 1.47 bits per heavy atom. The van der Waals surface area contributed by atoms with Crippen LogP contribution in [0.5, 0.6) is 0 Å². The molecule has 1 N–H and O–H groups in total. The van der Waals surface area contributed by atoms with Gasteiger partial charge in [-0.2, -0.15) is 17.7 Å². The average molecular weight is 218 g/mol. The third kappa shape index (κ3) is 1.37. The summed E-state index contributed by atoms with van der Waals surface area (Å²) in [6.45, 7) is 1.12. The normalized spacial score (nSPS) is 12.3. The second kappa shape index (κ2) is 2.81. The van der Waals surface area contributed by atoms with Crippen LogP contribution < -0.4 is 5.56 Å². The van der Waals surface area contributed by atoms with E-state index in [4.69, 9.17) is 0 Å². The topological polar surface area (TPSA) is 63.1 Å². The minimum atomic E-state index is -4.71. The van der Waals surface area contributed by atoms with Crippen molar-refractivity contribution < 1.29 is 13.2 Å². The number of rotatable bonds is 0. The summed E-state index contributed by atoms with van der Waals surface area (Å²) in [5.74, 6) is -0.0782. The SMILES string of the molecule is Cc1nc2nc[nH]n2c(=O)c1C(F)(F)F. The standard InChI is InChI=1S/C7H5F3N4O/c1-3-4(7(8,9)10)5(15)14-6(13-3)11-2-12-14/h2H,1H3,(H,11,12,13). The molecular weight excluding hydrogens is 213 g/mol. The summed E-state index contributed by atoms with van der Waals surface area (Å²) >= 11 is 0. The number of nitrogens with zero attached hydrogens (tertiary/aromatic N) is 3. The first-order chi connectivity index (χ1) is 6.91. The Labute approximate surface area is 80.6 Å². The second-order valence-corrected chi connectivity index (χ2v) is 2.90. The summed E-state index contributed by atoms with van der Waals surface area (Å²) in [4.78, 5) is 18.5. The Morgan fingerprint density at radius 2 is 2.13 bits per heavy atom. The highest BCUT2D eigenvalue weighted by Gasteiger charge is 2.37. The van der Waals surface area contributed by atoms with Crippen LogP contribution in [0.4, 0.5) is 13.2 Å². The molecule has 0 fully saturated rings. The van der Waals surface area contributed by atoms with Gasteiger partial charge in [-0.1, -0.05) is 0 Å². The van der Waals surface area contributed by atoms with Crippen LogP contribution in [0, 0.1) is 6.92 Å². The van der Waals surface area contributed by atoms with Crippen molar-refractivity contribution in [1.29, 1.82) is 0 Å². The molecule has 0 bridgehead atoms. The number of nitrogens with one attached hydrogen (secondary N) is 1. The van der Waals surface area contributed by atoms with Gasteiger partial charge >= 0.3 is 6.18 Å². The highest BCUT2D eigenvalue weighted by Crippen LogP contribution is 2.28. The molecule has 0 aliphatic rings. The Balaban J connectivity index is 2.91. The van der Waals surface area contributed by atoms with E-state index < -0.39 is 17.3 Å². The molecule has 0 aliphatic heterocycles. The highest BCUT2D eigenvalue weighted by atomic mass is 19.4. The number of alkyl halides is 3. The molecule has 0 unspecified atom stereocenters. The van der Waals surface area contributed by atoms with Gasteiger partial charge in [-0.15, -0.1) is 0 Å². The number of aromatic nitrogens is 4. The van der Waals surface area contributed by atoms with E-state index in [2.05, 4.69) is 15.1 Å². The molecule has 0 aliphatic carbocycles. The first-order valence-electron chi connectivity index (χ1n) is 3.91. The van der Waals surface area contributed by atoms with Crippen molar-refractivity contribution in [2.24, 2.45) is 0 Å². The van der Waals surface area contributed by atoms with E-state index >= 15 is 0 Å². The van der Waals surface area contributed by atoms with Gasteiger partial charge in [-0.05, 0) is 6.92 Å². The second-order valence-electron chi connectivity index (χ2n) is 2.90. The summed E-state index contributed by atoms with van der Waals surface area (Å²) in [7, 11) is 0. The highest BCUT2D eigenvalue weighted by molar-refractivity contribution is 5.31. The van der Waals surface area contributed by atoms with Crippen molar-refractivity contribution in [1.82, 2.24) is 19.6 Å². The van der Waals surface area contributed by atoms with Crippen LogP contribution in [0.1, 0.15) is 11.3 Å². The molecule has 0 amide bonds. The molecule has 5 nitrogen and oxygen atoms in total. The van der Waals surface area contributed by atoms with E-state index in [0.29, 0.717) is 4.52 Å². The quantitative estimate of drug-likeness (QED) is 0.709. The Morgan fingerprint density at radius 3 is 2.73 bits per heavy atom. The first kappa shape index (κ1) is 9.69. The van der Waals surface area contributed by atoms with Crippen molar-refractivity contribution in [3.05, 3.63) is 27.9 Å². The fourth-order valence-electron chi connectivity index (χ4n) is 1.29. The molecule has 0 saturated carbocycles. The minimum Gasteiger partial charge on any atom is -0.278 e. The van der Waals surface area contributed by atoms with Crippen molar-refractivity contribution >= 4 is 5.78 Å². The van der Waals surface area contributed by atoms with E-state index in [9.17, 15) is 18.0 Å². The van der Waals surface area contributed by atoms with E-state index in [1.54, 1.807) is 0 Å². The lowest BCUT2D eigenvalue weighted by Gasteiger charge is -2.07. The first-order valence-corrected chi connectivity index (χ1v) is 3.91. The van der Waals surface area contributed by atoms with Crippen LogP contribution in [0.3, 0.4) is 0 Å². The van der Waals surface area contributed by atoms with Crippen LogP contribution >= 0.6 is 0 Å². The largest absolute Gasteiger partial charge is 0.423 e. The fraction of sp³-hybridized carbons (Fsp3) is 0.286. The van der Waals surface area contributed by atoms with Gasteiger partial charge in [0.25, 0.3) is 11.3 Å². The number of aromatic amines is 1. The van der Waals surface area contributed by atoms with Crippen molar-refractivity contribution in [3.63, 3.8) is 0 Å². The maximum atomic E-state index is 12.5. The van der Waals surface area contributed by atoms with Gasteiger partial charge in [0, 0.05) is 0 Å². The molecule has 80 valence electrons. The van der Waals surface area contributed by atoms with Crippen molar-refractivity contribution in [3.8, 4) is 0 Å². The number of aryl methyl sites for hydroxylation is 1. The summed E-state index contributed by atoms with van der Waals surface area (Å²) in [6, 6.07) is 0. The average Bonchev–Trinajstić information content (AvgIpc) is 2.48. The van der Waals surface area contributed by atoms with Crippen LogP contribution in [0.25, 0.3) is 5.78 Å². The lowest BCUT2D eigenvalue weighted by Crippen LogP contribution is -2.28. The van der Waals surface area contributed by atoms with E-state index in [1.807, 2.05) is 0 Å². The molecule has 2 rings (SSSR count). The van der Waals surface area contributed by atoms with E-state index in [0.717, 1.165) is 13.3 Å².